The van der Waals surface area contributed by atoms with Gasteiger partial charge in [0.25, 0.3) is 15.9 Å². The highest BCUT2D eigenvalue weighted by Gasteiger charge is 2.09. The van der Waals surface area contributed by atoms with Crippen LogP contribution in [0.3, 0.4) is 0 Å². The predicted octanol–water partition coefficient (Wildman–Crippen LogP) is 2.00. The van der Waals surface area contributed by atoms with Crippen molar-refractivity contribution in [3.63, 3.8) is 0 Å². The molecule has 0 aromatic heterocycles. The Hall–Kier alpha value is -3.46. The van der Waals surface area contributed by atoms with Gasteiger partial charge in [-0.3, -0.25) is 4.79 Å². The molecule has 2 rings (SSSR count). The molecule has 0 atom stereocenters. The van der Waals surface area contributed by atoms with Crippen molar-refractivity contribution in [2.24, 2.45) is 0 Å². The van der Waals surface area contributed by atoms with Crippen LogP contribution in [0.2, 0.25) is 0 Å². The standard InChI is InChI=1S/C19H21N3O5S/c1-26-17-6-3-13(11-15(17)20)5-8-19(23)22-28(24,25)10-9-14-4-7-18(27-2)16(21)12-14/h3-12H,20-21H2,1-2H3,(H,22,23)/b8-5+,10-9+. The van der Waals surface area contributed by atoms with E-state index in [-0.39, 0.29) is 0 Å². The quantitative estimate of drug-likeness (QED) is 0.475. The average molecular weight is 403 g/mol. The van der Waals surface area contributed by atoms with Crippen molar-refractivity contribution < 1.29 is 22.7 Å². The van der Waals surface area contributed by atoms with Gasteiger partial charge in [-0.15, -0.1) is 0 Å². The highest BCUT2D eigenvalue weighted by Crippen LogP contribution is 2.23. The Morgan fingerprint density at radius 2 is 1.43 bits per heavy atom. The highest BCUT2D eigenvalue weighted by atomic mass is 32.2. The molecule has 0 unspecified atom stereocenters. The van der Waals surface area contributed by atoms with Crippen molar-refractivity contribution >= 4 is 39.5 Å². The first-order valence-electron chi connectivity index (χ1n) is 8.04. The van der Waals surface area contributed by atoms with Gasteiger partial charge in [-0.05, 0) is 47.5 Å². The van der Waals surface area contributed by atoms with E-state index in [1.165, 1.54) is 26.4 Å². The van der Waals surface area contributed by atoms with E-state index in [0.29, 0.717) is 34.0 Å². The van der Waals surface area contributed by atoms with Gasteiger partial charge in [0.05, 0.1) is 31.0 Å². The number of methoxy groups -OCH3 is 2. The van der Waals surface area contributed by atoms with Crippen LogP contribution in [-0.4, -0.2) is 28.5 Å². The maximum atomic E-state index is 12.0. The Kier molecular flexibility index (Phi) is 6.67. The number of benzene rings is 2. The third kappa shape index (κ3) is 5.78. The number of amides is 1. The second-order valence-electron chi connectivity index (χ2n) is 5.65. The van der Waals surface area contributed by atoms with E-state index >= 15 is 0 Å². The second-order valence-corrected chi connectivity index (χ2v) is 7.22. The molecule has 1 amide bonds. The van der Waals surface area contributed by atoms with E-state index in [9.17, 15) is 13.2 Å². The first-order chi connectivity index (χ1) is 13.2. The first kappa shape index (κ1) is 20.8. The number of nitrogens with two attached hydrogens (primary N) is 2. The van der Waals surface area contributed by atoms with Gasteiger partial charge in [-0.25, -0.2) is 13.1 Å². The molecule has 0 aliphatic rings. The Balaban J connectivity index is 2.03. The Bertz CT molecular complexity index is 1030. The molecule has 28 heavy (non-hydrogen) atoms. The summed E-state index contributed by atoms with van der Waals surface area (Å²) in [4.78, 5) is 11.9. The maximum absolute atomic E-state index is 12.0. The van der Waals surface area contributed by atoms with Crippen LogP contribution >= 0.6 is 0 Å². The summed E-state index contributed by atoms with van der Waals surface area (Å²) in [6.45, 7) is 0. The van der Waals surface area contributed by atoms with Gasteiger partial charge < -0.3 is 20.9 Å². The SMILES string of the molecule is COc1ccc(/C=C/C(=O)NS(=O)(=O)/C=C/c2ccc(OC)c(N)c2)cc1N. The molecule has 8 nitrogen and oxygen atoms in total. The monoisotopic (exact) mass is 403 g/mol. The van der Waals surface area contributed by atoms with Crippen molar-refractivity contribution in [2.45, 2.75) is 0 Å². The third-order valence-corrected chi connectivity index (χ3v) is 4.60. The fourth-order valence-electron chi connectivity index (χ4n) is 2.26. The van der Waals surface area contributed by atoms with Crippen LogP contribution in [-0.2, 0) is 14.8 Å². The molecule has 0 radical (unpaired) electrons. The van der Waals surface area contributed by atoms with Crippen LogP contribution in [0.15, 0.2) is 47.9 Å². The number of anilines is 2. The minimum Gasteiger partial charge on any atom is -0.495 e. The van der Waals surface area contributed by atoms with Gasteiger partial charge in [0.1, 0.15) is 11.5 Å². The Morgan fingerprint density at radius 3 is 1.89 bits per heavy atom. The van der Waals surface area contributed by atoms with Gasteiger partial charge in [0.2, 0.25) is 0 Å². The van der Waals surface area contributed by atoms with E-state index < -0.39 is 15.9 Å². The van der Waals surface area contributed by atoms with Crippen LogP contribution in [0.1, 0.15) is 11.1 Å². The lowest BCUT2D eigenvalue weighted by Crippen LogP contribution is -2.26. The van der Waals surface area contributed by atoms with Gasteiger partial charge in [-0.2, -0.15) is 0 Å². The van der Waals surface area contributed by atoms with E-state index in [0.717, 1.165) is 11.5 Å². The lowest BCUT2D eigenvalue weighted by molar-refractivity contribution is -0.114. The summed E-state index contributed by atoms with van der Waals surface area (Å²) in [5.41, 5.74) is 13.5. The highest BCUT2D eigenvalue weighted by molar-refractivity contribution is 7.93. The third-order valence-electron chi connectivity index (χ3n) is 3.62. The zero-order valence-corrected chi connectivity index (χ0v) is 16.2. The van der Waals surface area contributed by atoms with Crippen molar-refractivity contribution in [1.82, 2.24) is 4.72 Å². The maximum Gasteiger partial charge on any atom is 0.257 e. The lowest BCUT2D eigenvalue weighted by Gasteiger charge is -2.05. The summed E-state index contributed by atoms with van der Waals surface area (Å²) < 4.78 is 36.1. The number of hydrogen-bond donors (Lipinski definition) is 3. The van der Waals surface area contributed by atoms with Gasteiger partial charge in [0.15, 0.2) is 0 Å². The first-order valence-corrected chi connectivity index (χ1v) is 9.58. The number of nitrogens with one attached hydrogen (secondary N) is 1. The molecule has 0 saturated carbocycles. The molecule has 0 heterocycles. The van der Waals surface area contributed by atoms with E-state index in [4.69, 9.17) is 20.9 Å². The number of ether oxygens (including phenoxy) is 2. The predicted molar refractivity (Wildman–Crippen MR) is 110 cm³/mol. The van der Waals surface area contributed by atoms with Gasteiger partial charge in [0, 0.05) is 6.08 Å². The minimum absolute atomic E-state index is 0.368. The number of carbonyl (C=O) groups is 1. The summed E-state index contributed by atoms with van der Waals surface area (Å²) in [5, 5.41) is 0.880. The van der Waals surface area contributed by atoms with Gasteiger partial charge >= 0.3 is 0 Å². The molecular formula is C19H21N3O5S. The molecule has 0 fully saturated rings. The van der Waals surface area contributed by atoms with Gasteiger partial charge in [-0.1, -0.05) is 12.1 Å². The van der Waals surface area contributed by atoms with Crippen molar-refractivity contribution in [3.05, 3.63) is 59.0 Å². The van der Waals surface area contributed by atoms with E-state index in [2.05, 4.69) is 0 Å². The van der Waals surface area contributed by atoms with Crippen molar-refractivity contribution in [2.75, 3.05) is 25.7 Å². The molecule has 0 aliphatic heterocycles. The Morgan fingerprint density at radius 1 is 0.929 bits per heavy atom. The molecule has 0 saturated heterocycles. The van der Waals surface area contributed by atoms with Crippen LogP contribution in [0.25, 0.3) is 12.2 Å². The largest absolute Gasteiger partial charge is 0.495 e. The zero-order valence-electron chi connectivity index (χ0n) is 15.4. The molecule has 0 spiro atoms. The van der Waals surface area contributed by atoms with Crippen molar-refractivity contribution in [3.8, 4) is 11.5 Å². The topological polar surface area (TPSA) is 134 Å². The molecule has 0 aliphatic carbocycles. The fourth-order valence-corrected chi connectivity index (χ4v) is 3.01. The summed E-state index contributed by atoms with van der Waals surface area (Å²) in [6.07, 6.45) is 3.85. The smallest absolute Gasteiger partial charge is 0.257 e. The molecule has 9 heteroatoms. The molecular weight excluding hydrogens is 382 g/mol. The molecule has 2 aromatic carbocycles. The summed E-state index contributed by atoms with van der Waals surface area (Å²) in [7, 11) is -1.00. The zero-order chi connectivity index (χ0) is 20.7. The number of sulfonamides is 1. The lowest BCUT2D eigenvalue weighted by atomic mass is 10.2. The summed E-state index contributed by atoms with van der Waals surface area (Å²) in [5.74, 6) is 0.194. The van der Waals surface area contributed by atoms with Crippen LogP contribution in [0.5, 0.6) is 11.5 Å². The number of hydrogen-bond acceptors (Lipinski definition) is 7. The molecule has 5 N–H and O–H groups in total. The van der Waals surface area contributed by atoms with E-state index in [1.54, 1.807) is 36.4 Å². The summed E-state index contributed by atoms with van der Waals surface area (Å²) in [6, 6.07) is 9.74. The normalized spacial score (nSPS) is 11.6. The molecule has 148 valence electrons. The van der Waals surface area contributed by atoms with Crippen molar-refractivity contribution in [1.29, 1.82) is 0 Å². The minimum atomic E-state index is -3.98. The second kappa shape index (κ2) is 8.96. The van der Waals surface area contributed by atoms with E-state index in [1.807, 2.05) is 4.72 Å². The number of nitrogen functional groups attached to an aromatic ring is 2. The Labute approximate surface area is 163 Å². The summed E-state index contributed by atoms with van der Waals surface area (Å²) >= 11 is 0. The fraction of sp³-hybridized carbons (Fsp3) is 0.105. The molecule has 2 aromatic rings. The molecule has 0 bridgehead atoms. The van der Waals surface area contributed by atoms with Crippen LogP contribution in [0.4, 0.5) is 11.4 Å². The van der Waals surface area contributed by atoms with Crippen LogP contribution < -0.4 is 25.7 Å². The number of carbonyl (C=O) groups excluding carboxylic acids is 1. The average Bonchev–Trinajstić information content (AvgIpc) is 2.64. The number of rotatable bonds is 7. The van der Waals surface area contributed by atoms with Crippen LogP contribution in [0, 0.1) is 0 Å².